The molecule has 0 saturated heterocycles. The zero-order valence-electron chi connectivity index (χ0n) is 11.8. The van der Waals surface area contributed by atoms with Crippen molar-refractivity contribution >= 4 is 16.3 Å². The van der Waals surface area contributed by atoms with Gasteiger partial charge in [0.2, 0.25) is 5.88 Å². The molecule has 2 aromatic heterocycles. The quantitative estimate of drug-likeness (QED) is 0.785. The highest BCUT2D eigenvalue weighted by Crippen LogP contribution is 2.24. The molecule has 3 rings (SSSR count). The summed E-state index contributed by atoms with van der Waals surface area (Å²) in [5, 5.41) is 5.41. The fraction of sp³-hybridized carbons (Fsp3) is 0.267. The Kier molecular flexibility index (Phi) is 3.90. The molecule has 6 heteroatoms. The first-order valence-electron chi connectivity index (χ1n) is 6.66. The third kappa shape index (κ3) is 2.77. The van der Waals surface area contributed by atoms with Crippen molar-refractivity contribution < 1.29 is 9.13 Å². The molecular formula is C15H16FN3OS. The molecule has 0 aliphatic rings. The van der Waals surface area contributed by atoms with E-state index >= 15 is 0 Å². The molecule has 0 aliphatic heterocycles. The Hall–Kier alpha value is -1.92. The lowest BCUT2D eigenvalue weighted by Crippen LogP contribution is -2.19. The van der Waals surface area contributed by atoms with Crippen LogP contribution in [0.4, 0.5) is 4.39 Å². The fourth-order valence-electron chi connectivity index (χ4n) is 2.26. The molecule has 1 unspecified atom stereocenters. The summed E-state index contributed by atoms with van der Waals surface area (Å²) in [6.45, 7) is 2.67. The van der Waals surface area contributed by atoms with E-state index in [1.165, 1.54) is 12.1 Å². The minimum absolute atomic E-state index is 0.111. The van der Waals surface area contributed by atoms with Crippen molar-refractivity contribution in [2.45, 2.75) is 19.5 Å². The molecule has 0 fully saturated rings. The number of ether oxygens (including phenoxy) is 1. The summed E-state index contributed by atoms with van der Waals surface area (Å²) in [6, 6.07) is 6.65. The van der Waals surface area contributed by atoms with E-state index < -0.39 is 0 Å². The Morgan fingerprint density at radius 2 is 2.14 bits per heavy atom. The maximum Gasteiger partial charge on any atom is 0.237 e. The normalized spacial score (nSPS) is 12.7. The molecule has 0 amide bonds. The zero-order valence-corrected chi connectivity index (χ0v) is 12.7. The lowest BCUT2D eigenvalue weighted by atomic mass is 10.1. The van der Waals surface area contributed by atoms with Gasteiger partial charge in [-0.15, -0.1) is 11.3 Å². The second-order valence-corrected chi connectivity index (χ2v) is 5.65. The molecule has 0 spiro atoms. The molecular weight excluding hydrogens is 289 g/mol. The van der Waals surface area contributed by atoms with E-state index in [0.29, 0.717) is 12.4 Å². The van der Waals surface area contributed by atoms with Gasteiger partial charge in [0.05, 0.1) is 7.11 Å². The molecule has 0 radical (unpaired) electrons. The van der Waals surface area contributed by atoms with Gasteiger partial charge in [0, 0.05) is 24.2 Å². The molecule has 0 saturated carbocycles. The molecule has 3 aromatic rings. The molecule has 1 atom stereocenters. The Morgan fingerprint density at radius 3 is 2.86 bits per heavy atom. The van der Waals surface area contributed by atoms with Gasteiger partial charge in [0.15, 0.2) is 4.96 Å². The third-order valence-corrected chi connectivity index (χ3v) is 4.22. The van der Waals surface area contributed by atoms with Crippen LogP contribution in [0.5, 0.6) is 5.88 Å². The number of rotatable bonds is 5. The summed E-state index contributed by atoms with van der Waals surface area (Å²) in [5.41, 5.74) is 2.03. The van der Waals surface area contributed by atoms with Crippen LogP contribution in [0.1, 0.15) is 24.2 Å². The Balaban J connectivity index is 1.76. The van der Waals surface area contributed by atoms with E-state index in [9.17, 15) is 4.39 Å². The zero-order chi connectivity index (χ0) is 14.8. The summed E-state index contributed by atoms with van der Waals surface area (Å²) in [4.78, 5) is 5.34. The SMILES string of the molecule is COc1nc2sccn2c1CNC(C)c1ccc(F)cc1. The summed E-state index contributed by atoms with van der Waals surface area (Å²) >= 11 is 1.57. The van der Waals surface area contributed by atoms with Crippen molar-refractivity contribution in [1.29, 1.82) is 0 Å². The van der Waals surface area contributed by atoms with Crippen molar-refractivity contribution in [2.24, 2.45) is 0 Å². The van der Waals surface area contributed by atoms with E-state index in [1.54, 1.807) is 30.6 Å². The monoisotopic (exact) mass is 305 g/mol. The predicted molar refractivity (Wildman–Crippen MR) is 81.3 cm³/mol. The average Bonchev–Trinajstić information content (AvgIpc) is 3.06. The maximum atomic E-state index is 12.9. The van der Waals surface area contributed by atoms with Crippen LogP contribution in [0.2, 0.25) is 0 Å². The Morgan fingerprint density at radius 1 is 1.38 bits per heavy atom. The Labute approximate surface area is 126 Å². The average molecular weight is 305 g/mol. The molecule has 2 heterocycles. The van der Waals surface area contributed by atoms with E-state index in [0.717, 1.165) is 16.2 Å². The summed E-state index contributed by atoms with van der Waals surface area (Å²) in [6.07, 6.45) is 1.98. The maximum absolute atomic E-state index is 12.9. The first-order chi connectivity index (χ1) is 10.2. The van der Waals surface area contributed by atoms with Crippen molar-refractivity contribution in [3.05, 3.63) is 52.9 Å². The lowest BCUT2D eigenvalue weighted by Gasteiger charge is -2.14. The molecule has 1 N–H and O–H groups in total. The Bertz CT molecular complexity index is 735. The summed E-state index contributed by atoms with van der Waals surface area (Å²) in [5.74, 6) is 0.420. The highest BCUT2D eigenvalue weighted by molar-refractivity contribution is 7.15. The number of nitrogens with one attached hydrogen (secondary N) is 1. The van der Waals surface area contributed by atoms with Gasteiger partial charge in [-0.05, 0) is 24.6 Å². The van der Waals surface area contributed by atoms with Crippen molar-refractivity contribution in [2.75, 3.05) is 7.11 Å². The number of hydrogen-bond acceptors (Lipinski definition) is 4. The van der Waals surface area contributed by atoms with Crippen molar-refractivity contribution in [3.63, 3.8) is 0 Å². The largest absolute Gasteiger partial charge is 0.480 e. The fourth-order valence-corrected chi connectivity index (χ4v) is 2.98. The topological polar surface area (TPSA) is 38.6 Å². The van der Waals surface area contributed by atoms with E-state index in [1.807, 2.05) is 22.9 Å². The van der Waals surface area contributed by atoms with Crippen LogP contribution >= 0.6 is 11.3 Å². The van der Waals surface area contributed by atoms with Gasteiger partial charge >= 0.3 is 0 Å². The van der Waals surface area contributed by atoms with Gasteiger partial charge in [-0.1, -0.05) is 12.1 Å². The summed E-state index contributed by atoms with van der Waals surface area (Å²) < 4.78 is 20.3. The van der Waals surface area contributed by atoms with Gasteiger partial charge < -0.3 is 10.1 Å². The lowest BCUT2D eigenvalue weighted by molar-refractivity contribution is 0.391. The van der Waals surface area contributed by atoms with E-state index in [2.05, 4.69) is 10.3 Å². The minimum atomic E-state index is -0.219. The van der Waals surface area contributed by atoms with Crippen LogP contribution in [-0.2, 0) is 6.54 Å². The highest BCUT2D eigenvalue weighted by atomic mass is 32.1. The number of nitrogens with zero attached hydrogens (tertiary/aromatic N) is 2. The predicted octanol–water partition coefficient (Wildman–Crippen LogP) is 3.39. The van der Waals surface area contributed by atoms with Crippen LogP contribution in [0.3, 0.4) is 0 Å². The number of thiazole rings is 1. The van der Waals surface area contributed by atoms with Crippen LogP contribution in [-0.4, -0.2) is 16.5 Å². The molecule has 4 nitrogen and oxygen atoms in total. The third-order valence-electron chi connectivity index (χ3n) is 3.46. The molecule has 1 aromatic carbocycles. The van der Waals surface area contributed by atoms with Gasteiger partial charge in [0.25, 0.3) is 0 Å². The number of aromatic nitrogens is 2. The number of methoxy groups -OCH3 is 1. The van der Waals surface area contributed by atoms with Gasteiger partial charge in [-0.2, -0.15) is 4.98 Å². The molecule has 0 bridgehead atoms. The van der Waals surface area contributed by atoms with Crippen molar-refractivity contribution in [1.82, 2.24) is 14.7 Å². The second kappa shape index (κ2) is 5.83. The van der Waals surface area contributed by atoms with Crippen LogP contribution < -0.4 is 10.1 Å². The van der Waals surface area contributed by atoms with E-state index in [-0.39, 0.29) is 11.9 Å². The van der Waals surface area contributed by atoms with Gasteiger partial charge in [-0.3, -0.25) is 4.40 Å². The number of hydrogen-bond donors (Lipinski definition) is 1. The smallest absolute Gasteiger partial charge is 0.237 e. The minimum Gasteiger partial charge on any atom is -0.480 e. The molecule has 0 aliphatic carbocycles. The first-order valence-corrected chi connectivity index (χ1v) is 7.54. The molecule has 21 heavy (non-hydrogen) atoms. The van der Waals surface area contributed by atoms with E-state index in [4.69, 9.17) is 4.74 Å². The molecule has 110 valence electrons. The number of halogens is 1. The first kappa shape index (κ1) is 14.0. The standard InChI is InChI=1S/C15H16FN3OS/c1-10(11-3-5-12(16)6-4-11)17-9-13-14(20-2)18-15-19(13)7-8-21-15/h3-8,10,17H,9H2,1-2H3. The van der Waals surface area contributed by atoms with Gasteiger partial charge in [-0.25, -0.2) is 4.39 Å². The number of fused-ring (bicyclic) bond motifs is 1. The summed E-state index contributed by atoms with van der Waals surface area (Å²) in [7, 11) is 1.62. The highest BCUT2D eigenvalue weighted by Gasteiger charge is 2.14. The number of imidazole rings is 1. The van der Waals surface area contributed by atoms with Gasteiger partial charge in [0.1, 0.15) is 11.5 Å². The van der Waals surface area contributed by atoms with Crippen LogP contribution in [0.15, 0.2) is 35.8 Å². The van der Waals surface area contributed by atoms with Crippen molar-refractivity contribution in [3.8, 4) is 5.88 Å². The second-order valence-electron chi connectivity index (χ2n) is 4.78. The van der Waals surface area contributed by atoms with Crippen LogP contribution in [0, 0.1) is 5.82 Å². The number of benzene rings is 1. The van der Waals surface area contributed by atoms with Crippen LogP contribution in [0.25, 0.3) is 4.96 Å².